The van der Waals surface area contributed by atoms with Gasteiger partial charge in [0.2, 0.25) is 0 Å². The van der Waals surface area contributed by atoms with Crippen molar-refractivity contribution in [1.29, 1.82) is 0 Å². The lowest BCUT2D eigenvalue weighted by Crippen LogP contribution is -2.42. The van der Waals surface area contributed by atoms with Crippen LogP contribution in [0.3, 0.4) is 0 Å². The lowest BCUT2D eigenvalue weighted by Gasteiger charge is -2.24. The van der Waals surface area contributed by atoms with Crippen molar-refractivity contribution in [3.8, 4) is 5.75 Å². The smallest absolute Gasteiger partial charge is 0.375 e. The molecule has 0 aliphatic rings. The zero-order chi connectivity index (χ0) is 15.9. The molecule has 0 N–H and O–H groups in total. The topological polar surface area (TPSA) is 43.4 Å². The molecule has 9 heteroatoms. The molecule has 0 spiro atoms. The van der Waals surface area contributed by atoms with E-state index in [1.54, 1.807) is 13.0 Å². The van der Waals surface area contributed by atoms with Crippen molar-refractivity contribution in [3.05, 3.63) is 22.7 Å². The van der Waals surface area contributed by atoms with Gasteiger partial charge in [-0.05, 0) is 23.7 Å². The first-order valence-electron chi connectivity index (χ1n) is 5.57. The standard InChI is InChI=1S/C11H14ClF3O3SSi/c1-7-5-6-8(12)9(10(7)20(2,3)4)18-19(16,17)11(13,14)15/h5-6H,1-4H3. The molecular formula is C11H14ClF3O3SSi. The molecular weight excluding hydrogens is 333 g/mol. The molecule has 20 heavy (non-hydrogen) atoms. The molecule has 0 radical (unpaired) electrons. The van der Waals surface area contributed by atoms with Crippen LogP contribution >= 0.6 is 11.6 Å². The Hall–Kier alpha value is -0.733. The van der Waals surface area contributed by atoms with Gasteiger partial charge in [-0.3, -0.25) is 0 Å². The molecule has 0 bridgehead atoms. The quantitative estimate of drug-likeness (QED) is 0.478. The van der Waals surface area contributed by atoms with Crippen LogP contribution in [-0.4, -0.2) is 22.0 Å². The Morgan fingerprint density at radius 1 is 1.20 bits per heavy atom. The summed E-state index contributed by atoms with van der Waals surface area (Å²) in [7, 11) is -7.89. The SMILES string of the molecule is Cc1ccc(Cl)c(OS(=O)(=O)C(F)(F)F)c1[Si](C)(C)C. The van der Waals surface area contributed by atoms with Crippen molar-refractivity contribution in [3.63, 3.8) is 0 Å². The van der Waals surface area contributed by atoms with Gasteiger partial charge in [0.15, 0.2) is 5.75 Å². The molecule has 0 aromatic heterocycles. The first-order chi connectivity index (χ1) is 8.77. The normalized spacial score (nSPS) is 13.4. The Kier molecular flexibility index (Phi) is 4.53. The lowest BCUT2D eigenvalue weighted by atomic mass is 10.2. The first kappa shape index (κ1) is 17.3. The minimum absolute atomic E-state index is 0.152. The van der Waals surface area contributed by atoms with Gasteiger partial charge in [-0.2, -0.15) is 21.6 Å². The molecule has 0 heterocycles. The van der Waals surface area contributed by atoms with E-state index >= 15 is 0 Å². The van der Waals surface area contributed by atoms with Crippen molar-refractivity contribution in [2.75, 3.05) is 0 Å². The fraction of sp³-hybridized carbons (Fsp3) is 0.455. The van der Waals surface area contributed by atoms with Gasteiger partial charge >= 0.3 is 15.6 Å². The molecule has 114 valence electrons. The van der Waals surface area contributed by atoms with Crippen molar-refractivity contribution >= 4 is 35.0 Å². The predicted octanol–water partition coefficient (Wildman–Crippen LogP) is 3.42. The number of aryl methyl sites for hydroxylation is 1. The lowest BCUT2D eigenvalue weighted by molar-refractivity contribution is -0.0499. The van der Waals surface area contributed by atoms with Crippen molar-refractivity contribution in [2.24, 2.45) is 0 Å². The van der Waals surface area contributed by atoms with E-state index in [1.807, 2.05) is 19.6 Å². The van der Waals surface area contributed by atoms with Crippen molar-refractivity contribution < 1.29 is 25.8 Å². The molecule has 0 saturated heterocycles. The van der Waals surface area contributed by atoms with Crippen LogP contribution in [0.1, 0.15) is 5.56 Å². The van der Waals surface area contributed by atoms with Gasteiger partial charge in [0.25, 0.3) is 0 Å². The summed E-state index contributed by atoms with van der Waals surface area (Å²) in [4.78, 5) is 0. The Balaban J connectivity index is 3.51. The molecule has 0 atom stereocenters. The Labute approximate surface area is 121 Å². The van der Waals surface area contributed by atoms with Gasteiger partial charge in [0.1, 0.15) is 0 Å². The first-order valence-corrected chi connectivity index (χ1v) is 10.9. The Morgan fingerprint density at radius 2 is 1.70 bits per heavy atom. The summed E-state index contributed by atoms with van der Waals surface area (Å²) in [5.74, 6) is -0.414. The van der Waals surface area contributed by atoms with Crippen LogP contribution in [0, 0.1) is 6.92 Å². The van der Waals surface area contributed by atoms with Crippen LogP contribution in [0.4, 0.5) is 13.2 Å². The number of benzene rings is 1. The maximum atomic E-state index is 12.4. The summed E-state index contributed by atoms with van der Waals surface area (Å²) in [5.41, 5.74) is -4.84. The molecule has 3 nitrogen and oxygen atoms in total. The molecule has 0 aliphatic heterocycles. The van der Waals surface area contributed by atoms with Gasteiger partial charge in [0.05, 0.1) is 13.1 Å². The molecule has 1 rings (SSSR count). The van der Waals surface area contributed by atoms with Crippen molar-refractivity contribution in [2.45, 2.75) is 32.1 Å². The minimum Gasteiger partial charge on any atom is -0.375 e. The van der Waals surface area contributed by atoms with E-state index in [9.17, 15) is 21.6 Å². The van der Waals surface area contributed by atoms with Crippen LogP contribution in [0.5, 0.6) is 5.75 Å². The molecule has 0 aliphatic carbocycles. The molecule has 0 saturated carbocycles. The average Bonchev–Trinajstić information content (AvgIpc) is 2.19. The van der Waals surface area contributed by atoms with Crippen LogP contribution in [-0.2, 0) is 10.1 Å². The van der Waals surface area contributed by atoms with Crippen LogP contribution in [0.15, 0.2) is 12.1 Å². The van der Waals surface area contributed by atoms with E-state index in [2.05, 4.69) is 4.18 Å². The second-order valence-electron chi connectivity index (χ2n) is 5.30. The van der Waals surface area contributed by atoms with Crippen LogP contribution in [0.2, 0.25) is 24.7 Å². The highest BCUT2D eigenvalue weighted by Crippen LogP contribution is 2.32. The second kappa shape index (κ2) is 5.23. The molecule has 1 aromatic rings. The monoisotopic (exact) mass is 346 g/mol. The second-order valence-corrected chi connectivity index (χ2v) is 12.2. The van der Waals surface area contributed by atoms with Gasteiger partial charge in [-0.1, -0.05) is 37.3 Å². The number of hydrogen-bond acceptors (Lipinski definition) is 3. The minimum atomic E-state index is -5.74. The van der Waals surface area contributed by atoms with Gasteiger partial charge in [-0.15, -0.1) is 0 Å². The third kappa shape index (κ3) is 3.47. The zero-order valence-electron chi connectivity index (χ0n) is 11.3. The summed E-state index contributed by atoms with van der Waals surface area (Å²) in [6.07, 6.45) is 0. The molecule has 1 aromatic carbocycles. The summed E-state index contributed by atoms with van der Waals surface area (Å²) in [6, 6.07) is 2.95. The Bertz CT molecular complexity index is 621. The van der Waals surface area contributed by atoms with Crippen LogP contribution in [0.25, 0.3) is 0 Å². The molecule has 0 fully saturated rings. The summed E-state index contributed by atoms with van der Waals surface area (Å²) < 4.78 is 63.9. The fourth-order valence-corrected chi connectivity index (χ4v) is 4.84. The van der Waals surface area contributed by atoms with Gasteiger partial charge < -0.3 is 4.18 Å². The highest BCUT2D eigenvalue weighted by atomic mass is 35.5. The van der Waals surface area contributed by atoms with E-state index in [4.69, 9.17) is 11.6 Å². The maximum absolute atomic E-state index is 12.4. The van der Waals surface area contributed by atoms with E-state index < -0.39 is 29.4 Å². The maximum Gasteiger partial charge on any atom is 0.534 e. The van der Waals surface area contributed by atoms with Gasteiger partial charge in [-0.25, -0.2) is 0 Å². The highest BCUT2D eigenvalue weighted by Gasteiger charge is 2.49. The molecule has 0 amide bonds. The zero-order valence-corrected chi connectivity index (χ0v) is 13.9. The molecule has 0 unspecified atom stereocenters. The number of halogens is 4. The van der Waals surface area contributed by atoms with Crippen molar-refractivity contribution in [1.82, 2.24) is 0 Å². The largest absolute Gasteiger partial charge is 0.534 e. The Morgan fingerprint density at radius 3 is 2.10 bits per heavy atom. The van der Waals surface area contributed by atoms with E-state index in [1.165, 1.54) is 6.07 Å². The van der Waals surface area contributed by atoms with E-state index in [0.717, 1.165) is 0 Å². The predicted molar refractivity (Wildman–Crippen MR) is 74.8 cm³/mol. The summed E-state index contributed by atoms with van der Waals surface area (Å²) >= 11 is 5.83. The van der Waals surface area contributed by atoms with E-state index in [0.29, 0.717) is 10.8 Å². The number of alkyl halides is 3. The van der Waals surface area contributed by atoms with Gasteiger partial charge in [0, 0.05) is 0 Å². The number of rotatable bonds is 3. The van der Waals surface area contributed by atoms with E-state index in [-0.39, 0.29) is 5.02 Å². The average molecular weight is 347 g/mol. The summed E-state index contributed by atoms with van der Waals surface area (Å²) in [6.45, 7) is 7.26. The third-order valence-corrected chi connectivity index (χ3v) is 5.92. The third-order valence-electron chi connectivity index (χ3n) is 2.54. The summed E-state index contributed by atoms with van der Waals surface area (Å²) in [5, 5.41) is 0.304. The number of hydrogen-bond donors (Lipinski definition) is 0. The highest BCUT2D eigenvalue weighted by molar-refractivity contribution is 7.88. The van der Waals surface area contributed by atoms with Crippen LogP contribution < -0.4 is 9.37 Å². The fourth-order valence-electron chi connectivity index (χ4n) is 1.83.